The molecular formula is C7H11F3N2. The van der Waals surface area contributed by atoms with E-state index in [1.165, 1.54) is 0 Å². The van der Waals surface area contributed by atoms with Crippen LogP contribution in [0.2, 0.25) is 0 Å². The van der Waals surface area contributed by atoms with Crippen molar-refractivity contribution in [3.63, 3.8) is 0 Å². The van der Waals surface area contributed by atoms with Gasteiger partial charge in [-0.25, -0.2) is 0 Å². The molecule has 0 spiro atoms. The summed E-state index contributed by atoms with van der Waals surface area (Å²) in [5.41, 5.74) is 1.79. The molecular weight excluding hydrogens is 169 g/mol. The van der Waals surface area contributed by atoms with Crippen molar-refractivity contribution in [2.45, 2.75) is 32.5 Å². The maximum atomic E-state index is 12.0. The van der Waals surface area contributed by atoms with Crippen molar-refractivity contribution in [2.24, 2.45) is 11.0 Å². The Morgan fingerprint density at radius 2 is 2.08 bits per heavy atom. The number of nitrogens with one attached hydrogen (secondary N) is 1. The van der Waals surface area contributed by atoms with Crippen LogP contribution in [0.4, 0.5) is 13.2 Å². The van der Waals surface area contributed by atoms with Crippen LogP contribution in [0, 0.1) is 5.92 Å². The standard InChI is InChI=1S/C7H11F3N2/c1-4(2)5-3-6(12-11-5)7(8,9)10/h4-5,11H,3H2,1-2H3. The molecule has 5 heteroatoms. The molecule has 0 aromatic rings. The molecule has 70 valence electrons. The fourth-order valence-corrected chi connectivity index (χ4v) is 1.02. The zero-order chi connectivity index (χ0) is 9.35. The van der Waals surface area contributed by atoms with Gasteiger partial charge in [0.05, 0.1) is 6.04 Å². The number of hydrogen-bond donors (Lipinski definition) is 1. The van der Waals surface area contributed by atoms with E-state index in [2.05, 4.69) is 10.5 Å². The molecule has 1 rings (SSSR count). The Labute approximate surface area is 68.8 Å². The lowest BCUT2D eigenvalue weighted by atomic mass is 10.0. The Morgan fingerprint density at radius 3 is 2.33 bits per heavy atom. The lowest BCUT2D eigenvalue weighted by Gasteiger charge is -2.13. The number of nitrogens with zero attached hydrogens (tertiary/aromatic N) is 1. The predicted octanol–water partition coefficient (Wildman–Crippen LogP) is 1.92. The highest BCUT2D eigenvalue weighted by Crippen LogP contribution is 2.25. The molecule has 2 nitrogen and oxygen atoms in total. The van der Waals surface area contributed by atoms with E-state index in [1.807, 2.05) is 13.8 Å². The predicted molar refractivity (Wildman–Crippen MR) is 39.9 cm³/mol. The van der Waals surface area contributed by atoms with E-state index < -0.39 is 11.9 Å². The van der Waals surface area contributed by atoms with E-state index in [9.17, 15) is 13.2 Å². The van der Waals surface area contributed by atoms with Crippen molar-refractivity contribution in [1.82, 2.24) is 5.43 Å². The van der Waals surface area contributed by atoms with E-state index in [4.69, 9.17) is 0 Å². The number of rotatable bonds is 1. The molecule has 0 radical (unpaired) electrons. The fraction of sp³-hybridized carbons (Fsp3) is 0.857. The molecule has 1 N–H and O–H groups in total. The summed E-state index contributed by atoms with van der Waals surface area (Å²) < 4.78 is 36.1. The summed E-state index contributed by atoms with van der Waals surface area (Å²) >= 11 is 0. The molecule has 1 aliphatic heterocycles. The number of halogens is 3. The van der Waals surface area contributed by atoms with Crippen LogP contribution in [-0.2, 0) is 0 Å². The highest BCUT2D eigenvalue weighted by molar-refractivity contribution is 5.91. The molecule has 12 heavy (non-hydrogen) atoms. The minimum Gasteiger partial charge on any atom is -0.306 e. The van der Waals surface area contributed by atoms with E-state index >= 15 is 0 Å². The van der Waals surface area contributed by atoms with Crippen molar-refractivity contribution in [2.75, 3.05) is 0 Å². The van der Waals surface area contributed by atoms with Gasteiger partial charge in [-0.2, -0.15) is 18.3 Å². The quantitative estimate of drug-likeness (QED) is 0.655. The SMILES string of the molecule is CC(C)C1CC(C(F)(F)F)=NN1. The largest absolute Gasteiger partial charge is 0.431 e. The maximum Gasteiger partial charge on any atom is 0.431 e. The van der Waals surface area contributed by atoms with Gasteiger partial charge >= 0.3 is 6.18 Å². The van der Waals surface area contributed by atoms with Gasteiger partial charge in [0.1, 0.15) is 5.71 Å². The zero-order valence-corrected chi connectivity index (χ0v) is 6.94. The smallest absolute Gasteiger partial charge is 0.306 e. The topological polar surface area (TPSA) is 24.4 Å². The van der Waals surface area contributed by atoms with Gasteiger partial charge in [0, 0.05) is 6.42 Å². The Kier molecular flexibility index (Phi) is 2.30. The first-order valence-corrected chi connectivity index (χ1v) is 3.80. The average molecular weight is 180 g/mol. The van der Waals surface area contributed by atoms with Gasteiger partial charge in [0.2, 0.25) is 0 Å². The first-order valence-electron chi connectivity index (χ1n) is 3.80. The van der Waals surface area contributed by atoms with Crippen LogP contribution in [0.3, 0.4) is 0 Å². The van der Waals surface area contributed by atoms with Crippen LogP contribution >= 0.6 is 0 Å². The second-order valence-electron chi connectivity index (χ2n) is 3.24. The van der Waals surface area contributed by atoms with Crippen molar-refractivity contribution >= 4 is 5.71 Å². The second kappa shape index (κ2) is 2.95. The molecule has 0 aromatic carbocycles. The summed E-state index contributed by atoms with van der Waals surface area (Å²) in [4.78, 5) is 0. The van der Waals surface area contributed by atoms with Crippen molar-refractivity contribution < 1.29 is 13.2 Å². The molecule has 0 fully saturated rings. The molecule has 0 amide bonds. The van der Waals surface area contributed by atoms with Crippen LogP contribution in [-0.4, -0.2) is 17.9 Å². The van der Waals surface area contributed by atoms with E-state index in [0.29, 0.717) is 0 Å². The van der Waals surface area contributed by atoms with E-state index in [0.717, 1.165) is 0 Å². The number of alkyl halides is 3. The molecule has 1 aliphatic rings. The third-order valence-electron chi connectivity index (χ3n) is 1.91. The number of hydrogen-bond acceptors (Lipinski definition) is 2. The minimum absolute atomic E-state index is 0.0127. The van der Waals surface area contributed by atoms with Crippen molar-refractivity contribution in [3.8, 4) is 0 Å². The fourth-order valence-electron chi connectivity index (χ4n) is 1.02. The van der Waals surface area contributed by atoms with Gasteiger partial charge < -0.3 is 5.43 Å². The van der Waals surface area contributed by atoms with Gasteiger partial charge in [-0.05, 0) is 5.92 Å². The van der Waals surface area contributed by atoms with Gasteiger partial charge in [0.15, 0.2) is 0 Å². The highest BCUT2D eigenvalue weighted by Gasteiger charge is 2.40. The second-order valence-corrected chi connectivity index (χ2v) is 3.24. The zero-order valence-electron chi connectivity index (χ0n) is 6.94. The first kappa shape index (κ1) is 9.35. The lowest BCUT2D eigenvalue weighted by molar-refractivity contribution is -0.0601. The van der Waals surface area contributed by atoms with Gasteiger partial charge in [-0.3, -0.25) is 0 Å². The monoisotopic (exact) mass is 180 g/mol. The molecule has 1 unspecified atom stereocenters. The Morgan fingerprint density at radius 1 is 1.50 bits per heavy atom. The summed E-state index contributed by atoms with van der Waals surface area (Å²) in [5, 5.41) is 3.25. The van der Waals surface area contributed by atoms with Crippen LogP contribution in [0.15, 0.2) is 5.10 Å². The van der Waals surface area contributed by atoms with Gasteiger partial charge in [-0.15, -0.1) is 0 Å². The van der Waals surface area contributed by atoms with Gasteiger partial charge in [-0.1, -0.05) is 13.8 Å². The normalized spacial score (nSPS) is 24.2. The molecule has 0 aromatic heterocycles. The van der Waals surface area contributed by atoms with Crippen LogP contribution in [0.5, 0.6) is 0 Å². The van der Waals surface area contributed by atoms with Gasteiger partial charge in [0.25, 0.3) is 0 Å². The Bertz CT molecular complexity index is 195. The summed E-state index contributed by atoms with van der Waals surface area (Å²) in [5.74, 6) is 0.175. The first-order chi connectivity index (χ1) is 5.41. The lowest BCUT2D eigenvalue weighted by Crippen LogP contribution is -2.27. The van der Waals surface area contributed by atoms with Crippen molar-refractivity contribution in [3.05, 3.63) is 0 Å². The Hall–Kier alpha value is -0.740. The van der Waals surface area contributed by atoms with E-state index in [1.54, 1.807) is 0 Å². The molecule has 0 saturated carbocycles. The van der Waals surface area contributed by atoms with Crippen molar-refractivity contribution in [1.29, 1.82) is 0 Å². The third kappa shape index (κ3) is 1.89. The summed E-state index contributed by atoms with van der Waals surface area (Å²) in [6.07, 6.45) is -4.28. The summed E-state index contributed by atoms with van der Waals surface area (Å²) in [6.45, 7) is 3.74. The van der Waals surface area contributed by atoms with Crippen LogP contribution in [0.1, 0.15) is 20.3 Å². The average Bonchev–Trinajstić information content (AvgIpc) is 2.30. The molecule has 0 aliphatic carbocycles. The Balaban J connectivity index is 2.55. The maximum absolute atomic E-state index is 12.0. The molecule has 1 atom stereocenters. The highest BCUT2D eigenvalue weighted by atomic mass is 19.4. The summed E-state index contributed by atoms with van der Waals surface area (Å²) in [7, 11) is 0. The summed E-state index contributed by atoms with van der Waals surface area (Å²) in [6, 6.07) is -0.165. The molecule has 0 saturated heterocycles. The van der Waals surface area contributed by atoms with Crippen LogP contribution in [0.25, 0.3) is 0 Å². The van der Waals surface area contributed by atoms with Crippen LogP contribution < -0.4 is 5.43 Å². The van der Waals surface area contributed by atoms with E-state index in [-0.39, 0.29) is 18.4 Å². The third-order valence-corrected chi connectivity index (χ3v) is 1.91. The molecule has 1 heterocycles. The number of hydrazone groups is 1. The molecule has 0 bridgehead atoms. The minimum atomic E-state index is -4.27.